The molecule has 4 aromatic rings. The predicted octanol–water partition coefficient (Wildman–Crippen LogP) is 4.55. The van der Waals surface area contributed by atoms with Gasteiger partial charge >= 0.3 is 0 Å². The number of hydrogen-bond donors (Lipinski definition) is 2. The Morgan fingerprint density at radius 1 is 1.04 bits per heavy atom. The van der Waals surface area contributed by atoms with E-state index in [1.54, 1.807) is 7.11 Å². The summed E-state index contributed by atoms with van der Waals surface area (Å²) in [5.74, 6) is 2.39. The van der Waals surface area contributed by atoms with Gasteiger partial charge in [-0.1, -0.05) is 42.5 Å². The number of H-pyrrole nitrogens is 1. The third-order valence-electron chi connectivity index (χ3n) is 4.40. The molecule has 0 bridgehead atoms. The number of fused-ring (bicyclic) bond motifs is 1. The first-order chi connectivity index (χ1) is 12.7. The van der Waals surface area contributed by atoms with Crippen molar-refractivity contribution >= 4 is 16.5 Å². The molecule has 1 heterocycles. The Morgan fingerprint density at radius 3 is 2.73 bits per heavy atom. The van der Waals surface area contributed by atoms with Gasteiger partial charge in [-0.15, -0.1) is 0 Å². The van der Waals surface area contributed by atoms with Crippen molar-refractivity contribution in [3.63, 3.8) is 0 Å². The first kappa shape index (κ1) is 16.1. The van der Waals surface area contributed by atoms with E-state index in [9.17, 15) is 0 Å². The van der Waals surface area contributed by atoms with Crippen molar-refractivity contribution in [2.75, 3.05) is 12.4 Å². The standard InChI is InChI=1S/C21H20N4O/c1-14-23-21(25-24-14)16-7-5-8-17(12-16)22-13-19-18-9-4-3-6-15(18)10-11-20(19)26-2/h3-12,22H,13H2,1-2H3,(H,23,24,25). The van der Waals surface area contributed by atoms with Crippen LogP contribution in [0, 0.1) is 6.92 Å². The van der Waals surface area contributed by atoms with Crippen LogP contribution in [0.1, 0.15) is 11.4 Å². The maximum atomic E-state index is 5.57. The fourth-order valence-electron chi connectivity index (χ4n) is 3.12. The van der Waals surface area contributed by atoms with Gasteiger partial charge in [-0.05, 0) is 35.9 Å². The summed E-state index contributed by atoms with van der Waals surface area (Å²) in [5, 5.41) is 13.0. The topological polar surface area (TPSA) is 62.8 Å². The number of nitrogens with zero attached hydrogens (tertiary/aromatic N) is 2. The fraction of sp³-hybridized carbons (Fsp3) is 0.143. The first-order valence-electron chi connectivity index (χ1n) is 8.52. The molecule has 4 rings (SSSR count). The SMILES string of the molecule is COc1ccc2ccccc2c1CNc1cccc(-c2n[nH]c(C)n2)c1. The summed E-state index contributed by atoms with van der Waals surface area (Å²) in [6.45, 7) is 2.56. The number of aromatic nitrogens is 3. The van der Waals surface area contributed by atoms with Crippen molar-refractivity contribution in [1.29, 1.82) is 0 Å². The van der Waals surface area contributed by atoms with Crippen LogP contribution in [0.5, 0.6) is 5.75 Å². The Kier molecular flexibility index (Phi) is 4.27. The minimum Gasteiger partial charge on any atom is -0.496 e. The largest absolute Gasteiger partial charge is 0.496 e. The zero-order chi connectivity index (χ0) is 17.9. The molecular formula is C21H20N4O. The Morgan fingerprint density at radius 2 is 1.92 bits per heavy atom. The molecule has 26 heavy (non-hydrogen) atoms. The van der Waals surface area contributed by atoms with E-state index >= 15 is 0 Å². The zero-order valence-electron chi connectivity index (χ0n) is 14.8. The molecule has 0 fully saturated rings. The Hall–Kier alpha value is -3.34. The van der Waals surface area contributed by atoms with Gasteiger partial charge in [-0.25, -0.2) is 4.98 Å². The number of ether oxygens (including phenoxy) is 1. The lowest BCUT2D eigenvalue weighted by Gasteiger charge is -2.14. The third-order valence-corrected chi connectivity index (χ3v) is 4.40. The first-order valence-corrected chi connectivity index (χ1v) is 8.52. The molecule has 0 spiro atoms. The summed E-state index contributed by atoms with van der Waals surface area (Å²) >= 11 is 0. The molecule has 0 unspecified atom stereocenters. The van der Waals surface area contributed by atoms with E-state index in [1.807, 2.05) is 37.3 Å². The van der Waals surface area contributed by atoms with Gasteiger partial charge in [-0.3, -0.25) is 5.10 Å². The molecule has 0 atom stereocenters. The normalized spacial score (nSPS) is 10.8. The number of aryl methyl sites for hydroxylation is 1. The minimum atomic E-state index is 0.668. The second kappa shape index (κ2) is 6.88. The van der Waals surface area contributed by atoms with Crippen molar-refractivity contribution in [3.05, 3.63) is 72.1 Å². The number of benzene rings is 3. The highest BCUT2D eigenvalue weighted by Crippen LogP contribution is 2.29. The number of rotatable bonds is 5. The maximum Gasteiger partial charge on any atom is 0.181 e. The summed E-state index contributed by atoms with van der Waals surface area (Å²) in [7, 11) is 1.71. The summed E-state index contributed by atoms with van der Waals surface area (Å²) in [5.41, 5.74) is 3.13. The van der Waals surface area contributed by atoms with Crippen LogP contribution in [0.4, 0.5) is 5.69 Å². The zero-order valence-corrected chi connectivity index (χ0v) is 14.8. The van der Waals surface area contributed by atoms with Gasteiger partial charge in [-0.2, -0.15) is 5.10 Å². The molecule has 0 saturated heterocycles. The minimum absolute atomic E-state index is 0.668. The van der Waals surface area contributed by atoms with Crippen LogP contribution in [0.2, 0.25) is 0 Å². The molecule has 0 aliphatic heterocycles. The number of anilines is 1. The molecule has 3 aromatic carbocycles. The van der Waals surface area contributed by atoms with E-state index < -0.39 is 0 Å². The summed E-state index contributed by atoms with van der Waals surface area (Å²) < 4.78 is 5.57. The number of nitrogens with one attached hydrogen (secondary N) is 2. The predicted molar refractivity (Wildman–Crippen MR) is 104 cm³/mol. The Labute approximate surface area is 152 Å². The van der Waals surface area contributed by atoms with E-state index in [-0.39, 0.29) is 0 Å². The van der Waals surface area contributed by atoms with Gasteiger partial charge < -0.3 is 10.1 Å². The lowest BCUT2D eigenvalue weighted by atomic mass is 10.0. The van der Waals surface area contributed by atoms with Crippen LogP contribution in [0.25, 0.3) is 22.2 Å². The van der Waals surface area contributed by atoms with E-state index in [1.165, 1.54) is 10.8 Å². The molecule has 2 N–H and O–H groups in total. The van der Waals surface area contributed by atoms with Crippen LogP contribution < -0.4 is 10.1 Å². The third kappa shape index (κ3) is 3.11. The Bertz CT molecular complexity index is 1050. The number of aromatic amines is 1. The lowest BCUT2D eigenvalue weighted by molar-refractivity contribution is 0.411. The van der Waals surface area contributed by atoms with Gasteiger partial charge in [0.2, 0.25) is 0 Å². The van der Waals surface area contributed by atoms with Crippen molar-refractivity contribution in [3.8, 4) is 17.1 Å². The van der Waals surface area contributed by atoms with Crippen LogP contribution in [0.3, 0.4) is 0 Å². The smallest absolute Gasteiger partial charge is 0.181 e. The van der Waals surface area contributed by atoms with E-state index in [4.69, 9.17) is 4.74 Å². The molecule has 0 radical (unpaired) electrons. The van der Waals surface area contributed by atoms with Gasteiger partial charge in [0.25, 0.3) is 0 Å². The number of hydrogen-bond acceptors (Lipinski definition) is 4. The maximum absolute atomic E-state index is 5.57. The summed E-state index contributed by atoms with van der Waals surface area (Å²) in [6.07, 6.45) is 0. The van der Waals surface area contributed by atoms with Crippen LogP contribution >= 0.6 is 0 Å². The molecule has 5 nitrogen and oxygen atoms in total. The molecule has 1 aromatic heterocycles. The molecule has 0 aliphatic carbocycles. The van der Waals surface area contributed by atoms with Crippen molar-refractivity contribution in [2.45, 2.75) is 13.5 Å². The fourth-order valence-corrected chi connectivity index (χ4v) is 3.12. The molecule has 0 amide bonds. The molecule has 0 aliphatic rings. The number of methoxy groups -OCH3 is 1. The van der Waals surface area contributed by atoms with E-state index in [0.717, 1.165) is 28.4 Å². The van der Waals surface area contributed by atoms with Crippen LogP contribution in [-0.2, 0) is 6.54 Å². The van der Waals surface area contributed by atoms with Gasteiger partial charge in [0.15, 0.2) is 5.82 Å². The lowest BCUT2D eigenvalue weighted by Crippen LogP contribution is -2.03. The second-order valence-electron chi connectivity index (χ2n) is 6.15. The second-order valence-corrected chi connectivity index (χ2v) is 6.15. The molecule has 130 valence electrons. The van der Waals surface area contributed by atoms with Gasteiger partial charge in [0.1, 0.15) is 11.6 Å². The van der Waals surface area contributed by atoms with Crippen LogP contribution in [0.15, 0.2) is 60.7 Å². The van der Waals surface area contributed by atoms with Crippen molar-refractivity contribution in [2.24, 2.45) is 0 Å². The molecular weight excluding hydrogens is 324 g/mol. The highest BCUT2D eigenvalue weighted by molar-refractivity contribution is 5.88. The Balaban J connectivity index is 1.63. The quantitative estimate of drug-likeness (QED) is 0.557. The van der Waals surface area contributed by atoms with Gasteiger partial charge in [0, 0.05) is 23.4 Å². The highest BCUT2D eigenvalue weighted by atomic mass is 16.5. The molecule has 5 heteroatoms. The van der Waals surface area contributed by atoms with Gasteiger partial charge in [0.05, 0.1) is 7.11 Å². The summed E-state index contributed by atoms with van der Waals surface area (Å²) in [6, 6.07) is 20.6. The van der Waals surface area contributed by atoms with Crippen LogP contribution in [-0.4, -0.2) is 22.3 Å². The summed E-state index contributed by atoms with van der Waals surface area (Å²) in [4.78, 5) is 4.39. The van der Waals surface area contributed by atoms with Crippen molar-refractivity contribution in [1.82, 2.24) is 15.2 Å². The monoisotopic (exact) mass is 344 g/mol. The van der Waals surface area contributed by atoms with Crippen molar-refractivity contribution < 1.29 is 4.74 Å². The average molecular weight is 344 g/mol. The molecule has 0 saturated carbocycles. The highest BCUT2D eigenvalue weighted by Gasteiger charge is 2.09. The van der Waals surface area contributed by atoms with E-state index in [2.05, 4.69) is 50.8 Å². The average Bonchev–Trinajstić information content (AvgIpc) is 3.12. The van der Waals surface area contributed by atoms with E-state index in [0.29, 0.717) is 12.4 Å².